The molecule has 0 saturated heterocycles. The van der Waals surface area contributed by atoms with Crippen LogP contribution in [0.5, 0.6) is 0 Å². The maximum absolute atomic E-state index is 12.8. The molecule has 1 aliphatic heterocycles. The molecule has 3 N–H and O–H groups in total. The zero-order valence-corrected chi connectivity index (χ0v) is 13.5. The van der Waals surface area contributed by atoms with Gasteiger partial charge in [0.15, 0.2) is 0 Å². The summed E-state index contributed by atoms with van der Waals surface area (Å²) in [5, 5.41) is 8.85. The standard InChI is InChI=1S/C12H11F3N2O3S.BrH/c13-12(14,15)6-1-2-9-8(3-6)17(4-10(18)19)11(20)7(16)5-21-9;/h1-3,7H,4-5,16H2,(H,18,19);1H. The molecule has 1 heterocycles. The minimum atomic E-state index is -4.58. The minimum Gasteiger partial charge on any atom is -0.480 e. The van der Waals surface area contributed by atoms with E-state index in [0.29, 0.717) is 4.90 Å². The number of aliphatic carboxylic acids is 1. The number of carbonyl (C=O) groups is 2. The lowest BCUT2D eigenvalue weighted by Crippen LogP contribution is -2.46. The minimum absolute atomic E-state index is 0. The zero-order valence-electron chi connectivity index (χ0n) is 11.0. The molecular formula is C12H12BrF3N2O3S. The predicted molar refractivity (Wildman–Crippen MR) is 80.5 cm³/mol. The van der Waals surface area contributed by atoms with Gasteiger partial charge in [-0.1, -0.05) is 0 Å². The highest BCUT2D eigenvalue weighted by Crippen LogP contribution is 2.39. The lowest BCUT2D eigenvalue weighted by atomic mass is 10.1. The summed E-state index contributed by atoms with van der Waals surface area (Å²) in [6.45, 7) is -0.735. The van der Waals surface area contributed by atoms with E-state index < -0.39 is 36.2 Å². The summed E-state index contributed by atoms with van der Waals surface area (Å²) in [5.41, 5.74) is 4.60. The molecule has 0 aromatic heterocycles. The van der Waals surface area contributed by atoms with Gasteiger partial charge in [0.1, 0.15) is 6.54 Å². The Morgan fingerprint density at radius 1 is 1.45 bits per heavy atom. The number of benzene rings is 1. The van der Waals surface area contributed by atoms with Crippen molar-refractivity contribution >= 4 is 46.3 Å². The summed E-state index contributed by atoms with van der Waals surface area (Å²) in [4.78, 5) is 24.1. The number of carboxylic acid groups (broad SMARTS) is 1. The molecule has 1 aliphatic rings. The third-order valence-corrected chi connectivity index (χ3v) is 4.05. The number of halogens is 4. The predicted octanol–water partition coefficient (Wildman–Crippen LogP) is 2.13. The topological polar surface area (TPSA) is 83.6 Å². The fourth-order valence-electron chi connectivity index (χ4n) is 1.89. The van der Waals surface area contributed by atoms with Gasteiger partial charge in [-0.3, -0.25) is 14.5 Å². The summed E-state index contributed by atoms with van der Waals surface area (Å²) < 4.78 is 38.3. The summed E-state index contributed by atoms with van der Waals surface area (Å²) >= 11 is 1.12. The molecule has 1 unspecified atom stereocenters. The summed E-state index contributed by atoms with van der Waals surface area (Å²) in [6.07, 6.45) is -4.58. The van der Waals surface area contributed by atoms with E-state index in [1.165, 1.54) is 6.07 Å². The van der Waals surface area contributed by atoms with Gasteiger partial charge in [0.05, 0.1) is 17.3 Å². The van der Waals surface area contributed by atoms with Crippen LogP contribution >= 0.6 is 28.7 Å². The number of alkyl halides is 3. The molecule has 1 amide bonds. The lowest BCUT2D eigenvalue weighted by Gasteiger charge is -2.23. The van der Waals surface area contributed by atoms with Crippen molar-refractivity contribution in [3.05, 3.63) is 23.8 Å². The number of hydrogen-bond acceptors (Lipinski definition) is 4. The van der Waals surface area contributed by atoms with E-state index >= 15 is 0 Å². The third kappa shape index (κ3) is 3.93. The van der Waals surface area contributed by atoms with Crippen LogP contribution in [0.25, 0.3) is 0 Å². The first kappa shape index (κ1) is 18.8. The Hall–Kier alpha value is -1.26. The van der Waals surface area contributed by atoms with E-state index in [-0.39, 0.29) is 28.4 Å². The van der Waals surface area contributed by atoms with Crippen LogP contribution in [-0.2, 0) is 15.8 Å². The highest BCUT2D eigenvalue weighted by molar-refractivity contribution is 8.93. The number of carboxylic acids is 1. The number of rotatable bonds is 2. The first-order chi connectivity index (χ1) is 9.70. The van der Waals surface area contributed by atoms with Gasteiger partial charge in [0, 0.05) is 10.6 Å². The van der Waals surface area contributed by atoms with Crippen molar-refractivity contribution in [3.8, 4) is 0 Å². The second-order valence-electron chi connectivity index (χ2n) is 4.42. The molecule has 0 aliphatic carbocycles. The number of nitrogens with two attached hydrogens (primary N) is 1. The van der Waals surface area contributed by atoms with Gasteiger partial charge in [-0.05, 0) is 18.2 Å². The Morgan fingerprint density at radius 3 is 2.64 bits per heavy atom. The van der Waals surface area contributed by atoms with Crippen LogP contribution in [-0.4, -0.2) is 35.3 Å². The van der Waals surface area contributed by atoms with E-state index in [1.54, 1.807) is 0 Å². The average Bonchev–Trinajstić information content (AvgIpc) is 2.49. The Kier molecular flexibility index (Phi) is 5.88. The van der Waals surface area contributed by atoms with Crippen LogP contribution in [0.15, 0.2) is 23.1 Å². The summed E-state index contributed by atoms with van der Waals surface area (Å²) in [5.74, 6) is -1.86. The molecule has 5 nitrogen and oxygen atoms in total. The fraction of sp³-hybridized carbons (Fsp3) is 0.333. The maximum Gasteiger partial charge on any atom is 0.416 e. The van der Waals surface area contributed by atoms with Gasteiger partial charge in [-0.2, -0.15) is 13.2 Å². The highest BCUT2D eigenvalue weighted by Gasteiger charge is 2.35. The Bertz CT molecular complexity index is 597. The third-order valence-electron chi connectivity index (χ3n) is 2.87. The zero-order chi connectivity index (χ0) is 15.8. The lowest BCUT2D eigenvalue weighted by molar-refractivity contribution is -0.137. The van der Waals surface area contributed by atoms with Crippen LogP contribution < -0.4 is 10.6 Å². The number of thioether (sulfide) groups is 1. The highest BCUT2D eigenvalue weighted by atomic mass is 79.9. The molecule has 10 heteroatoms. The number of hydrogen-bond donors (Lipinski definition) is 2. The van der Waals surface area contributed by atoms with Crippen molar-refractivity contribution in [1.82, 2.24) is 0 Å². The van der Waals surface area contributed by atoms with E-state index in [0.717, 1.165) is 28.8 Å². The summed E-state index contributed by atoms with van der Waals surface area (Å²) in [7, 11) is 0. The van der Waals surface area contributed by atoms with Crippen LogP contribution in [0.2, 0.25) is 0 Å². The Labute approximate surface area is 138 Å². The second-order valence-corrected chi connectivity index (χ2v) is 5.48. The van der Waals surface area contributed by atoms with Gasteiger partial charge >= 0.3 is 12.1 Å². The SMILES string of the molecule is Br.NC1CSc2ccc(C(F)(F)F)cc2N(CC(=O)O)C1=O. The summed E-state index contributed by atoms with van der Waals surface area (Å²) in [6, 6.07) is 1.94. The van der Waals surface area contributed by atoms with E-state index in [4.69, 9.17) is 10.8 Å². The Balaban J connectivity index is 0.00000242. The van der Waals surface area contributed by atoms with Crippen molar-refractivity contribution in [1.29, 1.82) is 0 Å². The molecular weight excluding hydrogens is 389 g/mol. The van der Waals surface area contributed by atoms with Crippen LogP contribution in [0.1, 0.15) is 5.56 Å². The molecule has 122 valence electrons. The molecule has 0 spiro atoms. The second kappa shape index (κ2) is 6.88. The molecule has 22 heavy (non-hydrogen) atoms. The number of anilines is 1. The van der Waals surface area contributed by atoms with Crippen LogP contribution in [0.3, 0.4) is 0 Å². The molecule has 0 saturated carbocycles. The number of carbonyl (C=O) groups excluding carboxylic acids is 1. The quantitative estimate of drug-likeness (QED) is 0.794. The van der Waals surface area contributed by atoms with Gasteiger partial charge < -0.3 is 10.8 Å². The van der Waals surface area contributed by atoms with Crippen molar-refractivity contribution in [3.63, 3.8) is 0 Å². The first-order valence-corrected chi connectivity index (χ1v) is 6.81. The maximum atomic E-state index is 12.8. The number of fused-ring (bicyclic) bond motifs is 1. The molecule has 0 radical (unpaired) electrons. The van der Waals surface area contributed by atoms with Crippen molar-refractivity contribution in [2.45, 2.75) is 17.1 Å². The van der Waals surface area contributed by atoms with Crippen LogP contribution in [0, 0.1) is 0 Å². The molecule has 0 fully saturated rings. The van der Waals surface area contributed by atoms with E-state index in [2.05, 4.69) is 0 Å². The van der Waals surface area contributed by atoms with Crippen molar-refractivity contribution in [2.75, 3.05) is 17.2 Å². The molecule has 1 atom stereocenters. The van der Waals surface area contributed by atoms with Crippen molar-refractivity contribution < 1.29 is 27.9 Å². The number of nitrogens with zero attached hydrogens (tertiary/aromatic N) is 1. The largest absolute Gasteiger partial charge is 0.480 e. The molecule has 1 aromatic carbocycles. The number of amides is 1. The molecule has 0 bridgehead atoms. The average molecular weight is 401 g/mol. The smallest absolute Gasteiger partial charge is 0.416 e. The fourth-order valence-corrected chi connectivity index (χ4v) is 2.88. The van der Waals surface area contributed by atoms with Gasteiger partial charge in [0.2, 0.25) is 5.91 Å². The normalized spacial score (nSPS) is 18.3. The van der Waals surface area contributed by atoms with Gasteiger partial charge in [-0.15, -0.1) is 28.7 Å². The Morgan fingerprint density at radius 2 is 2.09 bits per heavy atom. The van der Waals surface area contributed by atoms with Crippen molar-refractivity contribution in [2.24, 2.45) is 5.73 Å². The van der Waals surface area contributed by atoms with Gasteiger partial charge in [-0.25, -0.2) is 0 Å². The van der Waals surface area contributed by atoms with E-state index in [9.17, 15) is 22.8 Å². The molecule has 1 aromatic rings. The monoisotopic (exact) mass is 400 g/mol. The molecule has 2 rings (SSSR count). The van der Waals surface area contributed by atoms with Gasteiger partial charge in [0.25, 0.3) is 0 Å². The van der Waals surface area contributed by atoms with Crippen LogP contribution in [0.4, 0.5) is 18.9 Å². The first-order valence-electron chi connectivity index (χ1n) is 5.83. The van der Waals surface area contributed by atoms with E-state index in [1.807, 2.05) is 0 Å².